The maximum Gasteiger partial charge on any atom is 0.253 e. The van der Waals surface area contributed by atoms with Gasteiger partial charge in [-0.05, 0) is 31.1 Å². The highest BCUT2D eigenvalue weighted by Crippen LogP contribution is 2.36. The van der Waals surface area contributed by atoms with Crippen LogP contribution in [0, 0.1) is 5.41 Å². The van der Waals surface area contributed by atoms with E-state index in [-0.39, 0.29) is 24.4 Å². The van der Waals surface area contributed by atoms with Gasteiger partial charge >= 0.3 is 0 Å². The fourth-order valence-corrected chi connectivity index (χ4v) is 2.90. The third kappa shape index (κ3) is 4.33. The Morgan fingerprint density at radius 2 is 1.95 bits per heavy atom. The number of carbonyl (C=O) groups is 1. The number of hydrogen-bond acceptors (Lipinski definition) is 3. The molecule has 1 saturated carbocycles. The molecule has 0 bridgehead atoms. The number of morpholine rings is 1. The van der Waals surface area contributed by atoms with Crippen molar-refractivity contribution in [2.45, 2.75) is 51.7 Å². The fourth-order valence-electron chi connectivity index (χ4n) is 2.90. The molecule has 1 saturated heterocycles. The largest absolute Gasteiger partial charge is 0.366 e. The van der Waals surface area contributed by atoms with Crippen LogP contribution in [-0.2, 0) is 9.53 Å². The average molecular weight is 291 g/mol. The van der Waals surface area contributed by atoms with E-state index in [4.69, 9.17) is 4.74 Å². The maximum absolute atomic E-state index is 12.3. The highest BCUT2D eigenvalue weighted by Gasteiger charge is 2.33. The average Bonchev–Trinajstić information content (AvgIpc) is 2.38. The van der Waals surface area contributed by atoms with Crippen LogP contribution in [0.5, 0.6) is 0 Å². The van der Waals surface area contributed by atoms with Gasteiger partial charge in [0, 0.05) is 26.2 Å². The van der Waals surface area contributed by atoms with Crippen molar-refractivity contribution in [2.24, 2.45) is 5.41 Å². The number of carbonyl (C=O) groups excluding carboxylic acids is 1. The molecule has 0 radical (unpaired) electrons. The highest BCUT2D eigenvalue weighted by molar-refractivity contribution is 5.85. The van der Waals surface area contributed by atoms with E-state index in [2.05, 4.69) is 19.2 Å². The van der Waals surface area contributed by atoms with Crippen LogP contribution in [-0.4, -0.2) is 49.7 Å². The predicted octanol–water partition coefficient (Wildman–Crippen LogP) is 1.82. The zero-order valence-corrected chi connectivity index (χ0v) is 13.1. The van der Waals surface area contributed by atoms with Crippen molar-refractivity contribution in [3.05, 3.63) is 0 Å². The number of rotatable bonds is 2. The molecule has 1 unspecified atom stereocenters. The van der Waals surface area contributed by atoms with E-state index < -0.39 is 0 Å². The Hall–Kier alpha value is -0.320. The van der Waals surface area contributed by atoms with Crippen LogP contribution in [0.25, 0.3) is 0 Å². The zero-order valence-electron chi connectivity index (χ0n) is 12.3. The Labute approximate surface area is 122 Å². The van der Waals surface area contributed by atoms with Gasteiger partial charge in [0.2, 0.25) is 0 Å². The molecule has 1 aliphatic heterocycles. The van der Waals surface area contributed by atoms with E-state index in [1.54, 1.807) is 0 Å². The first kappa shape index (κ1) is 16.7. The molecule has 0 aromatic rings. The molecule has 0 aromatic heterocycles. The topological polar surface area (TPSA) is 41.6 Å². The van der Waals surface area contributed by atoms with Gasteiger partial charge in [0.05, 0.1) is 6.61 Å². The van der Waals surface area contributed by atoms with E-state index in [1.165, 1.54) is 12.8 Å². The summed E-state index contributed by atoms with van der Waals surface area (Å²) in [6.07, 6.45) is 4.38. The second-order valence-electron chi connectivity index (χ2n) is 6.41. The molecule has 2 rings (SSSR count). The van der Waals surface area contributed by atoms with Crippen LogP contribution < -0.4 is 5.32 Å². The Morgan fingerprint density at radius 3 is 2.47 bits per heavy atom. The highest BCUT2D eigenvalue weighted by atomic mass is 35.5. The van der Waals surface area contributed by atoms with Gasteiger partial charge < -0.3 is 15.0 Å². The van der Waals surface area contributed by atoms with Gasteiger partial charge in [-0.2, -0.15) is 0 Å². The van der Waals surface area contributed by atoms with Gasteiger partial charge in [0.15, 0.2) is 0 Å². The quantitative estimate of drug-likeness (QED) is 0.843. The first-order chi connectivity index (χ1) is 8.49. The van der Waals surface area contributed by atoms with Crippen LogP contribution in [0.3, 0.4) is 0 Å². The number of nitrogens with one attached hydrogen (secondary N) is 1. The molecule has 19 heavy (non-hydrogen) atoms. The summed E-state index contributed by atoms with van der Waals surface area (Å²) in [5.74, 6) is 0.145. The fraction of sp³-hybridized carbons (Fsp3) is 0.929. The molecule has 4 nitrogen and oxygen atoms in total. The molecule has 2 fully saturated rings. The molecule has 1 heterocycles. The minimum Gasteiger partial charge on any atom is -0.366 e. The van der Waals surface area contributed by atoms with Crippen LogP contribution >= 0.6 is 12.4 Å². The van der Waals surface area contributed by atoms with Crippen molar-refractivity contribution in [1.82, 2.24) is 10.2 Å². The molecular weight excluding hydrogens is 264 g/mol. The van der Waals surface area contributed by atoms with Gasteiger partial charge in [0.1, 0.15) is 6.10 Å². The molecular formula is C14H27ClN2O2. The summed E-state index contributed by atoms with van der Waals surface area (Å²) in [6, 6.07) is 0.399. The summed E-state index contributed by atoms with van der Waals surface area (Å²) in [6.45, 7) is 6.78. The molecule has 1 N–H and O–H groups in total. The third-order valence-electron chi connectivity index (χ3n) is 4.41. The number of amides is 1. The minimum atomic E-state index is -0.279. The van der Waals surface area contributed by atoms with E-state index in [0.717, 1.165) is 19.4 Å². The number of nitrogens with zero attached hydrogens (tertiary/aromatic N) is 1. The van der Waals surface area contributed by atoms with Crippen LogP contribution in [0.15, 0.2) is 0 Å². The van der Waals surface area contributed by atoms with Crippen LogP contribution in [0.4, 0.5) is 0 Å². The van der Waals surface area contributed by atoms with Crippen molar-refractivity contribution in [3.8, 4) is 0 Å². The monoisotopic (exact) mass is 290 g/mol. The molecule has 0 spiro atoms. The second kappa shape index (κ2) is 6.91. The smallest absolute Gasteiger partial charge is 0.253 e. The lowest BCUT2D eigenvalue weighted by Gasteiger charge is -2.40. The van der Waals surface area contributed by atoms with Gasteiger partial charge in [-0.15, -0.1) is 12.4 Å². The number of likely N-dealkylation sites (N-methyl/N-ethyl adjacent to an activating group) is 1. The molecule has 0 aromatic carbocycles. The standard InChI is InChI=1S/C14H26N2O2.ClH/c1-14(2)6-4-11(5-7-14)16(3)13(17)12-10-15-8-9-18-12;/h11-12,15H,4-10H2,1-3H3;1H. The number of halogens is 1. The Bertz CT molecular complexity index is 294. The van der Waals surface area contributed by atoms with E-state index in [9.17, 15) is 4.79 Å². The summed E-state index contributed by atoms with van der Waals surface area (Å²) in [7, 11) is 1.93. The molecule has 1 atom stereocenters. The molecule has 1 aliphatic carbocycles. The van der Waals surface area contributed by atoms with Gasteiger partial charge in [-0.3, -0.25) is 4.79 Å². The lowest BCUT2D eigenvalue weighted by molar-refractivity contribution is -0.147. The van der Waals surface area contributed by atoms with Crippen LogP contribution in [0.1, 0.15) is 39.5 Å². The lowest BCUT2D eigenvalue weighted by atomic mass is 9.75. The summed E-state index contributed by atoms with van der Waals surface area (Å²) in [5.41, 5.74) is 0.448. The van der Waals surface area contributed by atoms with Crippen molar-refractivity contribution < 1.29 is 9.53 Å². The van der Waals surface area contributed by atoms with E-state index in [0.29, 0.717) is 24.6 Å². The predicted molar refractivity (Wildman–Crippen MR) is 78.7 cm³/mol. The lowest BCUT2D eigenvalue weighted by Crippen LogP contribution is -2.51. The first-order valence-corrected chi connectivity index (χ1v) is 7.09. The Kier molecular flexibility index (Phi) is 6.09. The van der Waals surface area contributed by atoms with Crippen molar-refractivity contribution in [1.29, 1.82) is 0 Å². The zero-order chi connectivity index (χ0) is 13.2. The molecule has 2 aliphatic rings. The summed E-state index contributed by atoms with van der Waals surface area (Å²) in [4.78, 5) is 14.2. The minimum absolute atomic E-state index is 0. The van der Waals surface area contributed by atoms with Crippen molar-refractivity contribution in [3.63, 3.8) is 0 Å². The SMILES string of the molecule is CN(C(=O)C1CNCCO1)C1CCC(C)(C)CC1.Cl. The Balaban J connectivity index is 0.00000180. The van der Waals surface area contributed by atoms with E-state index >= 15 is 0 Å². The van der Waals surface area contributed by atoms with Gasteiger partial charge in [-0.25, -0.2) is 0 Å². The number of ether oxygens (including phenoxy) is 1. The summed E-state index contributed by atoms with van der Waals surface area (Å²) in [5, 5.41) is 3.21. The van der Waals surface area contributed by atoms with E-state index in [1.807, 2.05) is 11.9 Å². The number of hydrogen-bond donors (Lipinski definition) is 1. The molecule has 5 heteroatoms. The molecule has 112 valence electrons. The maximum atomic E-state index is 12.3. The van der Waals surface area contributed by atoms with Crippen LogP contribution in [0.2, 0.25) is 0 Å². The summed E-state index contributed by atoms with van der Waals surface area (Å²) >= 11 is 0. The first-order valence-electron chi connectivity index (χ1n) is 7.09. The van der Waals surface area contributed by atoms with Gasteiger partial charge in [0.25, 0.3) is 5.91 Å². The second-order valence-corrected chi connectivity index (χ2v) is 6.41. The third-order valence-corrected chi connectivity index (χ3v) is 4.41. The van der Waals surface area contributed by atoms with Crippen molar-refractivity contribution in [2.75, 3.05) is 26.7 Å². The normalized spacial score (nSPS) is 27.4. The Morgan fingerprint density at radius 1 is 1.32 bits per heavy atom. The molecule has 1 amide bonds. The van der Waals surface area contributed by atoms with Crippen molar-refractivity contribution >= 4 is 18.3 Å². The van der Waals surface area contributed by atoms with Gasteiger partial charge in [-0.1, -0.05) is 13.8 Å². The summed E-state index contributed by atoms with van der Waals surface area (Å²) < 4.78 is 5.54.